The van der Waals surface area contributed by atoms with Crippen molar-refractivity contribution in [3.63, 3.8) is 0 Å². The Morgan fingerprint density at radius 2 is 1.78 bits per heavy atom. The molecule has 2 aromatic rings. The van der Waals surface area contributed by atoms with Crippen LogP contribution >= 0.6 is 0 Å². The van der Waals surface area contributed by atoms with E-state index in [1.165, 1.54) is 18.2 Å². The Bertz CT molecular complexity index is 844. The van der Waals surface area contributed by atoms with Crippen LogP contribution in [-0.2, 0) is 15.7 Å². The number of hydrogen-bond acceptors (Lipinski definition) is 3. The molecule has 2 N–H and O–H groups in total. The first-order valence-corrected chi connectivity index (χ1v) is 7.80. The number of nitrogens with two attached hydrogens (primary N) is 1. The molecule has 1 unspecified atom stereocenters. The normalized spacial score (nSPS) is 13.4. The van der Waals surface area contributed by atoms with Crippen LogP contribution in [0.2, 0.25) is 0 Å². The quantitative estimate of drug-likeness (QED) is 0.617. The summed E-state index contributed by atoms with van der Waals surface area (Å²) in [5.41, 5.74) is 5.19. The van der Waals surface area contributed by atoms with Gasteiger partial charge in [-0.3, -0.25) is 4.79 Å². The third kappa shape index (κ3) is 5.13. The highest BCUT2D eigenvalue weighted by Crippen LogP contribution is 2.32. The minimum atomic E-state index is -4.52. The fourth-order valence-corrected chi connectivity index (χ4v) is 2.42. The fourth-order valence-electron chi connectivity index (χ4n) is 2.42. The zero-order chi connectivity index (χ0) is 20.2. The predicted molar refractivity (Wildman–Crippen MR) is 89.5 cm³/mol. The monoisotopic (exact) mass is 385 g/mol. The summed E-state index contributed by atoms with van der Waals surface area (Å²) in [6.45, 7) is 0. The standard InChI is InChI=1S/C19H16F5NO2/c1-27-18(26)17(25)9-8-14(15-7-6-13(20)10-16(15)21)11-2-4-12(5-3-11)19(22,23)24/h2-8,10,17H,9,25H2,1H3. The van der Waals surface area contributed by atoms with Crippen LogP contribution in [-0.4, -0.2) is 19.1 Å². The van der Waals surface area contributed by atoms with Crippen molar-refractivity contribution in [2.75, 3.05) is 7.11 Å². The highest BCUT2D eigenvalue weighted by atomic mass is 19.4. The lowest BCUT2D eigenvalue weighted by Crippen LogP contribution is -2.30. The molecule has 27 heavy (non-hydrogen) atoms. The first-order chi connectivity index (χ1) is 12.6. The van der Waals surface area contributed by atoms with E-state index in [2.05, 4.69) is 4.74 Å². The Kier molecular flexibility index (Phi) is 6.32. The molecule has 0 aromatic heterocycles. The van der Waals surface area contributed by atoms with E-state index >= 15 is 0 Å². The summed E-state index contributed by atoms with van der Waals surface area (Å²) in [5, 5.41) is 0. The van der Waals surface area contributed by atoms with Gasteiger partial charge in [0.25, 0.3) is 0 Å². The number of carbonyl (C=O) groups is 1. The topological polar surface area (TPSA) is 52.3 Å². The number of halogens is 5. The minimum absolute atomic E-state index is 0.0341. The van der Waals surface area contributed by atoms with Gasteiger partial charge in [0.05, 0.1) is 12.7 Å². The summed E-state index contributed by atoms with van der Waals surface area (Å²) in [7, 11) is 1.16. The molecular weight excluding hydrogens is 369 g/mol. The van der Waals surface area contributed by atoms with Gasteiger partial charge in [0.1, 0.15) is 17.7 Å². The van der Waals surface area contributed by atoms with Crippen LogP contribution in [0.15, 0.2) is 48.5 Å². The molecule has 1 atom stereocenters. The van der Waals surface area contributed by atoms with Gasteiger partial charge in [-0.1, -0.05) is 18.2 Å². The molecule has 3 nitrogen and oxygen atoms in total. The Hall–Kier alpha value is -2.74. The van der Waals surface area contributed by atoms with E-state index in [1.54, 1.807) is 0 Å². The van der Waals surface area contributed by atoms with E-state index in [9.17, 15) is 26.7 Å². The highest BCUT2D eigenvalue weighted by molar-refractivity contribution is 5.81. The Morgan fingerprint density at radius 3 is 2.30 bits per heavy atom. The second kappa shape index (κ2) is 8.30. The lowest BCUT2D eigenvalue weighted by atomic mass is 9.94. The number of benzene rings is 2. The van der Waals surface area contributed by atoms with Gasteiger partial charge in [-0.25, -0.2) is 8.78 Å². The minimum Gasteiger partial charge on any atom is -0.468 e. The van der Waals surface area contributed by atoms with Crippen molar-refractivity contribution in [1.29, 1.82) is 0 Å². The molecule has 0 saturated heterocycles. The molecular formula is C19H16F5NO2. The molecule has 0 amide bonds. The third-order valence-electron chi connectivity index (χ3n) is 3.82. The summed E-state index contributed by atoms with van der Waals surface area (Å²) < 4.78 is 70.2. The molecule has 2 rings (SSSR count). The Labute approximate surface area is 152 Å². The number of rotatable bonds is 5. The largest absolute Gasteiger partial charge is 0.468 e. The number of carbonyl (C=O) groups excluding carboxylic acids is 1. The molecule has 0 aliphatic rings. The second-order valence-electron chi connectivity index (χ2n) is 5.68. The molecule has 0 aliphatic carbocycles. The van der Waals surface area contributed by atoms with Gasteiger partial charge in [0.2, 0.25) is 0 Å². The van der Waals surface area contributed by atoms with Crippen molar-refractivity contribution in [2.45, 2.75) is 18.6 Å². The van der Waals surface area contributed by atoms with Crippen molar-refractivity contribution in [1.82, 2.24) is 0 Å². The first-order valence-electron chi connectivity index (χ1n) is 7.80. The zero-order valence-electron chi connectivity index (χ0n) is 14.2. The van der Waals surface area contributed by atoms with Gasteiger partial charge in [-0.05, 0) is 41.8 Å². The number of methoxy groups -OCH3 is 1. The number of ether oxygens (including phenoxy) is 1. The van der Waals surface area contributed by atoms with Gasteiger partial charge in [-0.15, -0.1) is 0 Å². The molecule has 0 aliphatic heterocycles. The maximum Gasteiger partial charge on any atom is 0.416 e. The molecule has 2 aromatic carbocycles. The van der Waals surface area contributed by atoms with E-state index < -0.39 is 35.4 Å². The summed E-state index contributed by atoms with van der Waals surface area (Å²) in [4.78, 5) is 11.4. The molecule has 144 valence electrons. The Balaban J connectivity index is 2.48. The van der Waals surface area contributed by atoms with E-state index in [4.69, 9.17) is 5.73 Å². The van der Waals surface area contributed by atoms with E-state index in [1.807, 2.05) is 0 Å². The van der Waals surface area contributed by atoms with Gasteiger partial charge in [0, 0.05) is 11.6 Å². The zero-order valence-corrected chi connectivity index (χ0v) is 14.2. The molecule has 0 heterocycles. The summed E-state index contributed by atoms with van der Waals surface area (Å²) >= 11 is 0. The van der Waals surface area contributed by atoms with E-state index in [0.29, 0.717) is 6.07 Å². The lowest BCUT2D eigenvalue weighted by molar-refractivity contribution is -0.142. The van der Waals surface area contributed by atoms with Crippen molar-refractivity contribution in [3.8, 4) is 0 Å². The summed E-state index contributed by atoms with van der Waals surface area (Å²) in [6, 6.07) is 5.85. The fraction of sp³-hybridized carbons (Fsp3) is 0.211. The van der Waals surface area contributed by atoms with Crippen LogP contribution in [0.5, 0.6) is 0 Å². The molecule has 0 saturated carbocycles. The molecule has 0 bridgehead atoms. The third-order valence-corrected chi connectivity index (χ3v) is 3.82. The smallest absolute Gasteiger partial charge is 0.416 e. The second-order valence-corrected chi connectivity index (χ2v) is 5.68. The first kappa shape index (κ1) is 20.6. The molecule has 0 radical (unpaired) electrons. The summed E-state index contributed by atoms with van der Waals surface area (Å²) in [5.74, 6) is -2.39. The number of alkyl halides is 3. The molecule has 0 spiro atoms. The average molecular weight is 385 g/mol. The van der Waals surface area contributed by atoms with Gasteiger partial charge in [0.15, 0.2) is 0 Å². The lowest BCUT2D eigenvalue weighted by Gasteiger charge is -2.13. The van der Waals surface area contributed by atoms with Crippen LogP contribution in [0.3, 0.4) is 0 Å². The van der Waals surface area contributed by atoms with Crippen molar-refractivity contribution < 1.29 is 31.5 Å². The SMILES string of the molecule is COC(=O)C(N)CC=C(c1ccc(C(F)(F)F)cc1)c1ccc(F)cc1F. The van der Waals surface area contributed by atoms with Gasteiger partial charge in [-0.2, -0.15) is 13.2 Å². The van der Waals surface area contributed by atoms with Crippen LogP contribution in [0.25, 0.3) is 5.57 Å². The van der Waals surface area contributed by atoms with Gasteiger partial charge < -0.3 is 10.5 Å². The predicted octanol–water partition coefficient (Wildman–Crippen LogP) is 4.31. The van der Waals surface area contributed by atoms with E-state index in [-0.39, 0.29) is 23.1 Å². The van der Waals surface area contributed by atoms with Crippen LogP contribution in [0.4, 0.5) is 22.0 Å². The Morgan fingerprint density at radius 1 is 1.15 bits per heavy atom. The molecule has 0 fully saturated rings. The maximum atomic E-state index is 14.2. The highest BCUT2D eigenvalue weighted by Gasteiger charge is 2.30. The van der Waals surface area contributed by atoms with Crippen LogP contribution < -0.4 is 5.73 Å². The van der Waals surface area contributed by atoms with Crippen molar-refractivity contribution in [3.05, 3.63) is 76.9 Å². The molecule has 8 heteroatoms. The van der Waals surface area contributed by atoms with Crippen molar-refractivity contribution >= 4 is 11.5 Å². The van der Waals surface area contributed by atoms with Gasteiger partial charge >= 0.3 is 12.1 Å². The van der Waals surface area contributed by atoms with Crippen molar-refractivity contribution in [2.24, 2.45) is 5.73 Å². The van der Waals surface area contributed by atoms with E-state index in [0.717, 1.165) is 31.4 Å². The summed E-state index contributed by atoms with van der Waals surface area (Å²) in [6.07, 6.45) is -3.17. The number of hydrogen-bond donors (Lipinski definition) is 1. The van der Waals surface area contributed by atoms with Crippen LogP contribution in [0, 0.1) is 11.6 Å². The number of esters is 1. The van der Waals surface area contributed by atoms with Crippen LogP contribution in [0.1, 0.15) is 23.1 Å². The maximum absolute atomic E-state index is 14.2. The average Bonchev–Trinajstić information content (AvgIpc) is 2.62.